The quantitative estimate of drug-likeness (QED) is 0.736. The van der Waals surface area contributed by atoms with Gasteiger partial charge in [-0.25, -0.2) is 0 Å². The fraction of sp³-hybridized carbons (Fsp3) is 0.789. The molecule has 2 N–H and O–H groups in total. The highest BCUT2D eigenvalue weighted by Crippen LogP contribution is 2.24. The van der Waals surface area contributed by atoms with Crippen LogP contribution in [0.4, 0.5) is 0 Å². The maximum absolute atomic E-state index is 12.3. The maximum atomic E-state index is 12.3. The van der Waals surface area contributed by atoms with Crippen LogP contribution in [-0.2, 0) is 9.59 Å². The molecule has 0 radical (unpaired) electrons. The van der Waals surface area contributed by atoms with E-state index in [1.54, 1.807) is 6.92 Å². The molecule has 0 bridgehead atoms. The second-order valence-electron chi connectivity index (χ2n) is 7.13. The largest absolute Gasteiger partial charge is 0.391 e. The van der Waals surface area contributed by atoms with Gasteiger partial charge in [0.05, 0.1) is 6.10 Å². The lowest BCUT2D eigenvalue weighted by atomic mass is 9.94. The Balaban J connectivity index is 2.13. The Morgan fingerprint density at radius 1 is 1.32 bits per heavy atom. The lowest BCUT2D eigenvalue weighted by Crippen LogP contribution is -2.52. The van der Waals surface area contributed by atoms with Crippen LogP contribution in [0, 0.1) is 0 Å². The number of amides is 2. The first kappa shape index (κ1) is 19.9. The summed E-state index contributed by atoms with van der Waals surface area (Å²) in [5.74, 6) is 0.174. The third-order valence-electron chi connectivity index (χ3n) is 5.31. The molecule has 0 saturated carbocycles. The monoisotopic (exact) mass is 351 g/mol. The second-order valence-corrected chi connectivity index (χ2v) is 7.13. The van der Waals surface area contributed by atoms with Crippen LogP contribution < -0.4 is 5.32 Å². The number of hydrogen-bond donors (Lipinski definition) is 2. The van der Waals surface area contributed by atoms with Gasteiger partial charge in [-0.1, -0.05) is 19.1 Å². The van der Waals surface area contributed by atoms with Crippen LogP contribution in [0.15, 0.2) is 12.2 Å². The van der Waals surface area contributed by atoms with Crippen molar-refractivity contribution < 1.29 is 14.7 Å². The molecule has 2 heterocycles. The summed E-state index contributed by atoms with van der Waals surface area (Å²) in [5.41, 5.74) is 0. The standard InChI is InChI=1S/C19H33N3O3/c1-3-18(24)17-9-6-8-16-14-19(25)20-10-4-5-11-21(15(2)23)12-7-13-22(16)17/h6,8,16-18,24H,3-5,7,9-14H2,1-2H3,(H,20,25). The van der Waals surface area contributed by atoms with Crippen molar-refractivity contribution >= 4 is 11.8 Å². The zero-order chi connectivity index (χ0) is 18.2. The van der Waals surface area contributed by atoms with Gasteiger partial charge < -0.3 is 15.3 Å². The minimum Gasteiger partial charge on any atom is -0.391 e. The van der Waals surface area contributed by atoms with Crippen LogP contribution in [0.1, 0.15) is 52.4 Å². The molecule has 1 fully saturated rings. The van der Waals surface area contributed by atoms with E-state index in [2.05, 4.69) is 22.4 Å². The van der Waals surface area contributed by atoms with E-state index in [1.807, 2.05) is 11.8 Å². The number of nitrogens with zero attached hydrogens (tertiary/aromatic N) is 2. The van der Waals surface area contributed by atoms with Crippen LogP contribution in [-0.4, -0.2) is 71.1 Å². The lowest BCUT2D eigenvalue weighted by molar-refractivity contribution is -0.129. The number of aliphatic hydroxyl groups is 1. The molecule has 3 unspecified atom stereocenters. The van der Waals surface area contributed by atoms with Gasteiger partial charge in [-0.05, 0) is 32.1 Å². The zero-order valence-electron chi connectivity index (χ0n) is 15.6. The Morgan fingerprint density at radius 2 is 2.08 bits per heavy atom. The lowest BCUT2D eigenvalue weighted by Gasteiger charge is -2.41. The normalized spacial score (nSPS) is 28.1. The molecule has 0 spiro atoms. The molecule has 142 valence electrons. The SMILES string of the molecule is CCC(O)C1CC=CC2CC(=O)NCCCCN(C(C)=O)CCCN21. The highest BCUT2D eigenvalue weighted by molar-refractivity contribution is 5.76. The summed E-state index contributed by atoms with van der Waals surface area (Å²) >= 11 is 0. The molecule has 0 aliphatic carbocycles. The van der Waals surface area contributed by atoms with Gasteiger partial charge in [-0.15, -0.1) is 0 Å². The average Bonchev–Trinajstić information content (AvgIpc) is 2.60. The molecule has 3 atom stereocenters. The molecule has 0 aromatic rings. The van der Waals surface area contributed by atoms with Crippen molar-refractivity contribution in [3.05, 3.63) is 12.2 Å². The Morgan fingerprint density at radius 3 is 2.80 bits per heavy atom. The van der Waals surface area contributed by atoms with Crippen molar-refractivity contribution in [3.63, 3.8) is 0 Å². The molecule has 0 aromatic carbocycles. The summed E-state index contributed by atoms with van der Waals surface area (Å²) in [6.07, 6.45) is 8.39. The molecule has 0 aromatic heterocycles. The van der Waals surface area contributed by atoms with Crippen LogP contribution in [0.2, 0.25) is 0 Å². The fourth-order valence-electron chi connectivity index (χ4n) is 3.82. The van der Waals surface area contributed by atoms with Gasteiger partial charge in [-0.2, -0.15) is 0 Å². The first-order valence-corrected chi connectivity index (χ1v) is 9.65. The van der Waals surface area contributed by atoms with Crippen molar-refractivity contribution in [2.24, 2.45) is 0 Å². The van der Waals surface area contributed by atoms with Crippen molar-refractivity contribution in [2.45, 2.75) is 70.6 Å². The third-order valence-corrected chi connectivity index (χ3v) is 5.31. The van der Waals surface area contributed by atoms with E-state index in [9.17, 15) is 14.7 Å². The first-order chi connectivity index (χ1) is 12.0. The van der Waals surface area contributed by atoms with E-state index in [-0.39, 0.29) is 23.9 Å². The van der Waals surface area contributed by atoms with Crippen LogP contribution in [0.3, 0.4) is 0 Å². The van der Waals surface area contributed by atoms with Crippen LogP contribution in [0.5, 0.6) is 0 Å². The van der Waals surface area contributed by atoms with Crippen LogP contribution >= 0.6 is 0 Å². The van der Waals surface area contributed by atoms with E-state index >= 15 is 0 Å². The molecule has 2 rings (SSSR count). The molecular formula is C19H33N3O3. The molecule has 6 nitrogen and oxygen atoms in total. The van der Waals surface area contributed by atoms with Crippen LogP contribution in [0.25, 0.3) is 0 Å². The van der Waals surface area contributed by atoms with E-state index in [4.69, 9.17) is 0 Å². The van der Waals surface area contributed by atoms with Crippen molar-refractivity contribution in [1.82, 2.24) is 15.1 Å². The Hall–Kier alpha value is -1.40. The smallest absolute Gasteiger partial charge is 0.221 e. The first-order valence-electron chi connectivity index (χ1n) is 9.65. The summed E-state index contributed by atoms with van der Waals surface area (Å²) in [6, 6.07) is 0.0650. The molecular weight excluding hydrogens is 318 g/mol. The van der Waals surface area contributed by atoms with Gasteiger partial charge in [0.2, 0.25) is 11.8 Å². The predicted molar refractivity (Wildman–Crippen MR) is 98.1 cm³/mol. The summed E-state index contributed by atoms with van der Waals surface area (Å²) in [6.45, 7) is 6.53. The Kier molecular flexibility index (Phi) is 7.90. The second kappa shape index (κ2) is 9.92. The van der Waals surface area contributed by atoms with E-state index in [1.165, 1.54) is 0 Å². The molecule has 2 aliphatic heterocycles. The average molecular weight is 351 g/mol. The van der Waals surface area contributed by atoms with E-state index in [0.717, 1.165) is 45.3 Å². The predicted octanol–water partition coefficient (Wildman–Crippen LogP) is 1.30. The summed E-state index contributed by atoms with van der Waals surface area (Å²) in [4.78, 5) is 28.3. The van der Waals surface area contributed by atoms with Crippen molar-refractivity contribution in [2.75, 3.05) is 26.2 Å². The van der Waals surface area contributed by atoms with Gasteiger partial charge in [0.1, 0.15) is 0 Å². The minimum absolute atomic E-state index is 0.0199. The van der Waals surface area contributed by atoms with Gasteiger partial charge in [0, 0.05) is 51.6 Å². The number of fused-ring (bicyclic) bond motifs is 1. The Labute approximate surface area is 151 Å². The highest BCUT2D eigenvalue weighted by Gasteiger charge is 2.32. The van der Waals surface area contributed by atoms with Gasteiger partial charge in [0.15, 0.2) is 0 Å². The Bertz CT molecular complexity index is 481. The van der Waals surface area contributed by atoms with E-state index < -0.39 is 6.10 Å². The number of rotatable bonds is 2. The molecule has 1 saturated heterocycles. The van der Waals surface area contributed by atoms with Gasteiger partial charge in [-0.3, -0.25) is 14.5 Å². The van der Waals surface area contributed by atoms with Gasteiger partial charge >= 0.3 is 0 Å². The highest BCUT2D eigenvalue weighted by atomic mass is 16.3. The molecule has 2 amide bonds. The molecule has 25 heavy (non-hydrogen) atoms. The molecule has 6 heteroatoms. The van der Waals surface area contributed by atoms with Crippen molar-refractivity contribution in [1.29, 1.82) is 0 Å². The number of hydrogen-bond acceptors (Lipinski definition) is 4. The van der Waals surface area contributed by atoms with Crippen molar-refractivity contribution in [3.8, 4) is 0 Å². The fourth-order valence-corrected chi connectivity index (χ4v) is 3.82. The van der Waals surface area contributed by atoms with E-state index in [0.29, 0.717) is 19.4 Å². The third kappa shape index (κ3) is 5.82. The molecule has 2 aliphatic rings. The minimum atomic E-state index is -0.393. The maximum Gasteiger partial charge on any atom is 0.221 e. The summed E-state index contributed by atoms with van der Waals surface area (Å²) in [7, 11) is 0. The zero-order valence-corrected chi connectivity index (χ0v) is 15.6. The number of nitrogens with one attached hydrogen (secondary N) is 1. The summed E-state index contributed by atoms with van der Waals surface area (Å²) < 4.78 is 0. The number of carbonyl (C=O) groups is 2. The number of aliphatic hydroxyl groups excluding tert-OH is 1. The number of carbonyl (C=O) groups excluding carboxylic acids is 2. The topological polar surface area (TPSA) is 72.9 Å². The van der Waals surface area contributed by atoms with Gasteiger partial charge in [0.25, 0.3) is 0 Å². The summed E-state index contributed by atoms with van der Waals surface area (Å²) in [5, 5.41) is 13.4.